The molecule has 0 aliphatic heterocycles. The molecular formula is C13H14N4. The van der Waals surface area contributed by atoms with Crippen LogP contribution in [0.5, 0.6) is 0 Å². The van der Waals surface area contributed by atoms with E-state index in [1.54, 1.807) is 6.33 Å². The molecule has 2 saturated carbocycles. The Morgan fingerprint density at radius 3 is 2.76 bits per heavy atom. The smallest absolute Gasteiger partial charge is 0.176 e. The average Bonchev–Trinajstić information content (AvgIpc) is 3.02. The second-order valence-corrected chi connectivity index (χ2v) is 5.25. The zero-order chi connectivity index (χ0) is 11.8. The van der Waals surface area contributed by atoms with Gasteiger partial charge in [-0.05, 0) is 37.0 Å². The lowest BCUT2D eigenvalue weighted by Crippen LogP contribution is -2.17. The van der Waals surface area contributed by atoms with Crippen molar-refractivity contribution >= 4 is 0 Å². The molecule has 17 heavy (non-hydrogen) atoms. The summed E-state index contributed by atoms with van der Waals surface area (Å²) >= 11 is 0. The van der Waals surface area contributed by atoms with E-state index in [2.05, 4.69) is 11.1 Å². The summed E-state index contributed by atoms with van der Waals surface area (Å²) in [4.78, 5) is 3.99. The minimum Gasteiger partial charge on any atom is -0.321 e. The Hall–Kier alpha value is -1.81. The highest BCUT2D eigenvalue weighted by molar-refractivity contribution is 5.36. The van der Waals surface area contributed by atoms with Crippen molar-refractivity contribution in [2.45, 2.75) is 32.2 Å². The SMILES string of the molecule is N#Cc1ncn(CC2CC3CCC2C3)c1C#N. The highest BCUT2D eigenvalue weighted by Crippen LogP contribution is 2.48. The minimum atomic E-state index is 0.260. The molecule has 1 aromatic heterocycles. The van der Waals surface area contributed by atoms with Crippen LogP contribution in [0.1, 0.15) is 37.1 Å². The van der Waals surface area contributed by atoms with E-state index in [4.69, 9.17) is 10.5 Å². The van der Waals surface area contributed by atoms with Crippen molar-refractivity contribution in [3.8, 4) is 12.1 Å². The van der Waals surface area contributed by atoms with Crippen LogP contribution < -0.4 is 0 Å². The number of nitriles is 2. The number of aromatic nitrogens is 2. The highest BCUT2D eigenvalue weighted by Gasteiger charge is 2.39. The lowest BCUT2D eigenvalue weighted by Gasteiger charge is -2.22. The molecule has 2 aliphatic rings. The molecule has 0 saturated heterocycles. The molecule has 0 aromatic carbocycles. The van der Waals surface area contributed by atoms with Crippen LogP contribution in [-0.4, -0.2) is 9.55 Å². The van der Waals surface area contributed by atoms with Gasteiger partial charge in [0.1, 0.15) is 12.1 Å². The molecular weight excluding hydrogens is 212 g/mol. The molecule has 2 fully saturated rings. The fraction of sp³-hybridized carbons (Fsp3) is 0.615. The van der Waals surface area contributed by atoms with Crippen LogP contribution in [0, 0.1) is 40.4 Å². The standard InChI is InChI=1S/C13H14N4/c14-5-12-13(6-15)17(8-16-12)7-11-4-9-1-2-10(11)3-9/h8-11H,1-4,7H2. The van der Waals surface area contributed by atoms with Crippen LogP contribution in [0.3, 0.4) is 0 Å². The van der Waals surface area contributed by atoms with Crippen LogP contribution >= 0.6 is 0 Å². The third-order valence-electron chi connectivity index (χ3n) is 4.37. The largest absolute Gasteiger partial charge is 0.321 e. The summed E-state index contributed by atoms with van der Waals surface area (Å²) in [5, 5.41) is 17.9. The molecule has 1 heterocycles. The molecule has 0 spiro atoms. The Bertz CT molecular complexity index is 517. The van der Waals surface area contributed by atoms with Gasteiger partial charge in [-0.15, -0.1) is 0 Å². The van der Waals surface area contributed by atoms with Crippen LogP contribution in [0.2, 0.25) is 0 Å². The maximum absolute atomic E-state index is 9.06. The fourth-order valence-electron chi connectivity index (χ4n) is 3.57. The number of hydrogen-bond acceptors (Lipinski definition) is 3. The van der Waals surface area contributed by atoms with E-state index in [-0.39, 0.29) is 5.69 Å². The van der Waals surface area contributed by atoms with Gasteiger partial charge in [-0.25, -0.2) is 4.98 Å². The molecule has 4 heteroatoms. The van der Waals surface area contributed by atoms with Gasteiger partial charge >= 0.3 is 0 Å². The zero-order valence-corrected chi connectivity index (χ0v) is 9.63. The Morgan fingerprint density at radius 1 is 1.29 bits per heavy atom. The second-order valence-electron chi connectivity index (χ2n) is 5.25. The number of rotatable bonds is 2. The predicted molar refractivity (Wildman–Crippen MR) is 60.6 cm³/mol. The van der Waals surface area contributed by atoms with E-state index in [1.807, 2.05) is 10.6 Å². The Kier molecular flexibility index (Phi) is 2.37. The van der Waals surface area contributed by atoms with Gasteiger partial charge in [-0.1, -0.05) is 6.42 Å². The van der Waals surface area contributed by atoms with Crippen LogP contribution in [0.15, 0.2) is 6.33 Å². The monoisotopic (exact) mass is 226 g/mol. The molecule has 2 aliphatic carbocycles. The van der Waals surface area contributed by atoms with Gasteiger partial charge in [0.05, 0.1) is 6.33 Å². The van der Waals surface area contributed by atoms with Crippen molar-refractivity contribution in [2.75, 3.05) is 0 Å². The van der Waals surface area contributed by atoms with Gasteiger partial charge in [-0.2, -0.15) is 10.5 Å². The zero-order valence-electron chi connectivity index (χ0n) is 9.63. The topological polar surface area (TPSA) is 65.4 Å². The van der Waals surface area contributed by atoms with Gasteiger partial charge in [0.25, 0.3) is 0 Å². The molecule has 0 N–H and O–H groups in total. The van der Waals surface area contributed by atoms with Crippen molar-refractivity contribution in [1.82, 2.24) is 9.55 Å². The summed E-state index contributed by atoms with van der Waals surface area (Å²) in [6.45, 7) is 0.860. The third-order valence-corrected chi connectivity index (χ3v) is 4.37. The van der Waals surface area contributed by atoms with Gasteiger partial charge in [0.2, 0.25) is 0 Å². The first-order valence-electron chi connectivity index (χ1n) is 6.17. The summed E-state index contributed by atoms with van der Waals surface area (Å²) in [5.41, 5.74) is 0.686. The lowest BCUT2D eigenvalue weighted by molar-refractivity contribution is 0.295. The van der Waals surface area contributed by atoms with Crippen molar-refractivity contribution in [3.05, 3.63) is 17.7 Å². The summed E-state index contributed by atoms with van der Waals surface area (Å²) in [5.74, 6) is 2.43. The molecule has 86 valence electrons. The molecule has 2 bridgehead atoms. The summed E-state index contributed by atoms with van der Waals surface area (Å²) in [6.07, 6.45) is 7.03. The third kappa shape index (κ3) is 1.61. The molecule has 3 atom stereocenters. The second kappa shape index (κ2) is 3.89. The Balaban J connectivity index is 1.80. The van der Waals surface area contributed by atoms with Crippen molar-refractivity contribution in [1.29, 1.82) is 10.5 Å². The molecule has 1 aromatic rings. The minimum absolute atomic E-state index is 0.260. The normalized spacial score (nSPS) is 30.1. The maximum atomic E-state index is 9.06. The van der Waals surface area contributed by atoms with E-state index < -0.39 is 0 Å². The number of nitrogens with zero attached hydrogens (tertiary/aromatic N) is 4. The van der Waals surface area contributed by atoms with E-state index in [0.717, 1.165) is 18.4 Å². The van der Waals surface area contributed by atoms with Gasteiger partial charge < -0.3 is 4.57 Å². The van der Waals surface area contributed by atoms with Crippen molar-refractivity contribution in [3.63, 3.8) is 0 Å². The van der Waals surface area contributed by atoms with Gasteiger partial charge in [-0.3, -0.25) is 0 Å². The van der Waals surface area contributed by atoms with Crippen molar-refractivity contribution in [2.24, 2.45) is 17.8 Å². The first kappa shape index (κ1) is 10.4. The quantitative estimate of drug-likeness (QED) is 0.775. The number of hydrogen-bond donors (Lipinski definition) is 0. The van der Waals surface area contributed by atoms with Crippen LogP contribution in [-0.2, 0) is 6.54 Å². The molecule has 3 unspecified atom stereocenters. The van der Waals surface area contributed by atoms with Crippen molar-refractivity contribution < 1.29 is 0 Å². The Morgan fingerprint density at radius 2 is 2.18 bits per heavy atom. The highest BCUT2D eigenvalue weighted by atomic mass is 15.1. The van der Waals surface area contributed by atoms with Crippen LogP contribution in [0.25, 0.3) is 0 Å². The van der Waals surface area contributed by atoms with Gasteiger partial charge in [0.15, 0.2) is 11.4 Å². The average molecular weight is 226 g/mol. The summed E-state index contributed by atoms with van der Waals surface area (Å²) < 4.78 is 1.86. The van der Waals surface area contributed by atoms with E-state index in [1.165, 1.54) is 25.7 Å². The predicted octanol–water partition coefficient (Wildman–Crippen LogP) is 2.06. The van der Waals surface area contributed by atoms with E-state index in [9.17, 15) is 0 Å². The first-order chi connectivity index (χ1) is 8.31. The lowest BCUT2D eigenvalue weighted by atomic mass is 9.89. The van der Waals surface area contributed by atoms with E-state index in [0.29, 0.717) is 11.6 Å². The Labute approximate surface area is 100 Å². The molecule has 0 radical (unpaired) electrons. The summed E-state index contributed by atoms with van der Waals surface area (Å²) in [6, 6.07) is 4.06. The number of imidazole rings is 1. The number of fused-ring (bicyclic) bond motifs is 2. The molecule has 3 rings (SSSR count). The fourth-order valence-corrected chi connectivity index (χ4v) is 3.57. The molecule has 0 amide bonds. The van der Waals surface area contributed by atoms with E-state index >= 15 is 0 Å². The first-order valence-corrected chi connectivity index (χ1v) is 6.17. The molecule has 4 nitrogen and oxygen atoms in total. The van der Waals surface area contributed by atoms with Crippen LogP contribution in [0.4, 0.5) is 0 Å². The van der Waals surface area contributed by atoms with Gasteiger partial charge in [0, 0.05) is 6.54 Å². The maximum Gasteiger partial charge on any atom is 0.176 e. The summed E-state index contributed by atoms with van der Waals surface area (Å²) in [7, 11) is 0.